The molecule has 0 unspecified atom stereocenters. The molecule has 11 nitrogen and oxygen atoms in total. The number of carbonyl (C=O) groups is 3. The zero-order chi connectivity index (χ0) is 27.6. The Morgan fingerprint density at radius 1 is 1.16 bits per heavy atom. The lowest BCUT2D eigenvalue weighted by molar-refractivity contribution is 0.00821. The second-order valence-electron chi connectivity index (χ2n) is 9.92. The lowest BCUT2D eigenvalue weighted by atomic mass is 10.0. The number of nitrogens with zero attached hydrogens (tertiary/aromatic N) is 4. The molecule has 1 aromatic carbocycles. The Morgan fingerprint density at radius 3 is 2.50 bits per heavy atom. The fraction of sp³-hybridized carbons (Fsp3) is 0.346. The van der Waals surface area contributed by atoms with Crippen molar-refractivity contribution in [1.29, 1.82) is 0 Å². The number of carboxylic acid groups (broad SMARTS) is 1. The van der Waals surface area contributed by atoms with E-state index < -0.39 is 35.4 Å². The molecule has 1 fully saturated rings. The summed E-state index contributed by atoms with van der Waals surface area (Å²) < 4.78 is 19.9. The number of hydrogen-bond acceptors (Lipinski definition) is 7. The Morgan fingerprint density at radius 2 is 1.87 bits per heavy atom. The number of benzene rings is 1. The van der Waals surface area contributed by atoms with Gasteiger partial charge in [0.2, 0.25) is 0 Å². The van der Waals surface area contributed by atoms with Crippen molar-refractivity contribution in [1.82, 2.24) is 19.5 Å². The zero-order valence-electron chi connectivity index (χ0n) is 21.3. The molecule has 38 heavy (non-hydrogen) atoms. The summed E-state index contributed by atoms with van der Waals surface area (Å²) in [5.41, 5.74) is -0.201. The van der Waals surface area contributed by atoms with E-state index in [1.54, 1.807) is 32.9 Å². The molecule has 1 aliphatic heterocycles. The predicted octanol–water partition coefficient (Wildman–Crippen LogP) is 4.21. The molecule has 4 rings (SSSR count). The van der Waals surface area contributed by atoms with Crippen LogP contribution in [0.1, 0.15) is 72.7 Å². The number of aromatic nitrogens is 3. The highest BCUT2D eigenvalue weighted by Crippen LogP contribution is 2.34. The van der Waals surface area contributed by atoms with Crippen LogP contribution in [0.4, 0.5) is 15.0 Å². The molecule has 3 heterocycles. The molecule has 1 aliphatic rings. The van der Waals surface area contributed by atoms with E-state index in [1.807, 2.05) is 0 Å². The normalized spacial score (nSPS) is 15.7. The van der Waals surface area contributed by atoms with Crippen LogP contribution in [0.15, 0.2) is 42.6 Å². The van der Waals surface area contributed by atoms with Crippen LogP contribution in [0.5, 0.6) is 0 Å². The van der Waals surface area contributed by atoms with E-state index in [-0.39, 0.29) is 28.6 Å². The summed E-state index contributed by atoms with van der Waals surface area (Å²) in [5, 5.41) is 12.4. The molecule has 2 amide bonds. The van der Waals surface area contributed by atoms with Gasteiger partial charge in [0.1, 0.15) is 22.9 Å². The molecule has 0 aliphatic carbocycles. The number of likely N-dealkylation sites (tertiary alicyclic amines) is 1. The van der Waals surface area contributed by atoms with E-state index in [1.165, 1.54) is 23.2 Å². The van der Waals surface area contributed by atoms with Crippen LogP contribution >= 0.6 is 0 Å². The first-order chi connectivity index (χ1) is 17.9. The molecule has 3 aromatic rings. The molecule has 0 spiro atoms. The number of carboxylic acids is 1. The Balaban J connectivity index is 1.64. The second kappa shape index (κ2) is 10.5. The van der Waals surface area contributed by atoms with Crippen LogP contribution in [0.25, 0.3) is 11.3 Å². The van der Waals surface area contributed by atoms with Crippen LogP contribution in [0.3, 0.4) is 0 Å². The molecular weight excluding hydrogens is 495 g/mol. The SMILES string of the molecule is CC(C)(C)OC(=O)N1CCCC[C@H]1c1nc(-c2ccc(C(=O)Nc3cc(F)ccn3)cc2)c(C(=O)O)n1N. The molecule has 1 saturated heterocycles. The van der Waals surface area contributed by atoms with Crippen molar-refractivity contribution >= 4 is 23.8 Å². The fourth-order valence-electron chi connectivity index (χ4n) is 4.27. The van der Waals surface area contributed by atoms with E-state index in [2.05, 4.69) is 15.3 Å². The maximum atomic E-state index is 13.4. The van der Waals surface area contributed by atoms with E-state index in [0.717, 1.165) is 29.7 Å². The van der Waals surface area contributed by atoms with E-state index >= 15 is 0 Å². The van der Waals surface area contributed by atoms with E-state index in [9.17, 15) is 23.9 Å². The fourth-order valence-corrected chi connectivity index (χ4v) is 4.27. The smallest absolute Gasteiger partial charge is 0.410 e. The third-order valence-corrected chi connectivity index (χ3v) is 5.95. The average molecular weight is 525 g/mol. The highest BCUT2D eigenvalue weighted by Gasteiger charge is 2.36. The van der Waals surface area contributed by atoms with Crippen molar-refractivity contribution in [3.8, 4) is 11.3 Å². The summed E-state index contributed by atoms with van der Waals surface area (Å²) in [7, 11) is 0. The van der Waals surface area contributed by atoms with Gasteiger partial charge in [-0.15, -0.1) is 0 Å². The maximum Gasteiger partial charge on any atom is 0.410 e. The second-order valence-corrected chi connectivity index (χ2v) is 9.92. The maximum absolute atomic E-state index is 13.4. The van der Waals surface area contributed by atoms with Crippen LogP contribution < -0.4 is 11.2 Å². The van der Waals surface area contributed by atoms with Gasteiger partial charge in [-0.2, -0.15) is 0 Å². The summed E-state index contributed by atoms with van der Waals surface area (Å²) >= 11 is 0. The topological polar surface area (TPSA) is 153 Å². The first-order valence-electron chi connectivity index (χ1n) is 12.1. The number of ether oxygens (including phenoxy) is 1. The van der Waals surface area contributed by atoms with Gasteiger partial charge in [-0.1, -0.05) is 12.1 Å². The number of nitrogens with two attached hydrogens (primary N) is 1. The first kappa shape index (κ1) is 26.6. The third kappa shape index (κ3) is 5.74. The molecule has 4 N–H and O–H groups in total. The van der Waals surface area contributed by atoms with Gasteiger partial charge in [-0.3, -0.25) is 9.69 Å². The van der Waals surface area contributed by atoms with E-state index in [4.69, 9.17) is 10.6 Å². The molecule has 0 radical (unpaired) electrons. The minimum absolute atomic E-state index is 0.0563. The number of carbonyl (C=O) groups excluding carboxylic acids is 2. The number of piperidine rings is 1. The summed E-state index contributed by atoms with van der Waals surface area (Å²) in [5.74, 6) is 4.16. The van der Waals surface area contributed by atoms with Gasteiger partial charge in [0.05, 0.1) is 6.04 Å². The quantitative estimate of drug-likeness (QED) is 0.420. The average Bonchev–Trinajstić information content (AvgIpc) is 3.20. The highest BCUT2D eigenvalue weighted by molar-refractivity contribution is 6.04. The Hall–Kier alpha value is -4.48. The first-order valence-corrected chi connectivity index (χ1v) is 12.1. The summed E-state index contributed by atoms with van der Waals surface area (Å²) in [4.78, 5) is 47.6. The van der Waals surface area contributed by atoms with Crippen molar-refractivity contribution in [3.63, 3.8) is 0 Å². The predicted molar refractivity (Wildman–Crippen MR) is 136 cm³/mol. The van der Waals surface area contributed by atoms with Crippen molar-refractivity contribution in [2.45, 2.75) is 51.7 Å². The van der Waals surface area contributed by atoms with Gasteiger partial charge in [0.15, 0.2) is 11.5 Å². The number of nitrogen functional groups attached to an aromatic ring is 1. The van der Waals surface area contributed by atoms with E-state index in [0.29, 0.717) is 18.5 Å². The number of aromatic carboxylic acids is 1. The number of anilines is 1. The summed E-state index contributed by atoms with van der Waals surface area (Å²) in [6.45, 7) is 5.74. The Labute approximate surface area is 218 Å². The molecule has 0 bridgehead atoms. The third-order valence-electron chi connectivity index (χ3n) is 5.95. The zero-order valence-corrected chi connectivity index (χ0v) is 21.3. The minimum Gasteiger partial charge on any atom is -0.476 e. The Kier molecular flexibility index (Phi) is 7.33. The number of halogens is 1. The Bertz CT molecular complexity index is 1370. The van der Waals surface area contributed by atoms with Gasteiger partial charge in [-0.25, -0.2) is 28.6 Å². The number of hydrogen-bond donors (Lipinski definition) is 3. The molecule has 2 aromatic heterocycles. The molecule has 1 atom stereocenters. The largest absolute Gasteiger partial charge is 0.476 e. The summed E-state index contributed by atoms with van der Waals surface area (Å²) in [6.07, 6.45) is 2.83. The standard InChI is InChI=1S/C26H29FN6O5/c1-26(2,3)38-25(37)32-13-5-4-6-18(32)22-31-20(21(24(35)36)33(22)28)15-7-9-16(10-8-15)23(34)30-19-14-17(27)11-12-29-19/h7-12,14,18H,4-6,13,28H2,1-3H3,(H,35,36)(H,29,30,34)/t18-/m0/s1. The number of amides is 2. The molecule has 200 valence electrons. The lowest BCUT2D eigenvalue weighted by Crippen LogP contribution is -2.43. The molecular formula is C26H29FN6O5. The van der Waals surface area contributed by atoms with Gasteiger partial charge in [0, 0.05) is 29.9 Å². The van der Waals surface area contributed by atoms with Crippen LogP contribution in [0, 0.1) is 5.82 Å². The minimum atomic E-state index is -1.29. The van der Waals surface area contributed by atoms with Crippen LogP contribution in [0.2, 0.25) is 0 Å². The number of nitrogens with one attached hydrogen (secondary N) is 1. The van der Waals surface area contributed by atoms with Crippen molar-refractivity contribution < 1.29 is 28.6 Å². The van der Waals surface area contributed by atoms with Gasteiger partial charge < -0.3 is 21.0 Å². The van der Waals surface area contributed by atoms with Crippen molar-refractivity contribution in [3.05, 3.63) is 65.5 Å². The number of imidazole rings is 1. The van der Waals surface area contributed by atoms with Gasteiger partial charge >= 0.3 is 12.1 Å². The molecule has 12 heteroatoms. The van der Waals surface area contributed by atoms with Crippen LogP contribution in [-0.2, 0) is 4.74 Å². The highest BCUT2D eigenvalue weighted by atomic mass is 19.1. The van der Waals surface area contributed by atoms with Crippen molar-refractivity contribution in [2.24, 2.45) is 0 Å². The van der Waals surface area contributed by atoms with Crippen molar-refractivity contribution in [2.75, 3.05) is 17.7 Å². The lowest BCUT2D eigenvalue weighted by Gasteiger charge is -2.36. The molecule has 0 saturated carbocycles. The van der Waals surface area contributed by atoms with Gasteiger partial charge in [0.25, 0.3) is 5.91 Å². The monoisotopic (exact) mass is 524 g/mol. The summed E-state index contributed by atoms with van der Waals surface area (Å²) in [6, 6.07) is 7.73. The van der Waals surface area contributed by atoms with Crippen LogP contribution in [-0.4, -0.2) is 54.8 Å². The number of pyridine rings is 1. The van der Waals surface area contributed by atoms with Gasteiger partial charge in [-0.05, 0) is 58.2 Å². The number of rotatable bonds is 5.